The summed E-state index contributed by atoms with van der Waals surface area (Å²) in [5.41, 5.74) is 1.64. The van der Waals surface area contributed by atoms with E-state index in [-0.39, 0.29) is 18.0 Å². The number of Topliss-reactive ketones (excluding diaryl/α,β-unsaturated/α-hetero) is 1. The van der Waals surface area contributed by atoms with Crippen LogP contribution >= 0.6 is 0 Å². The summed E-state index contributed by atoms with van der Waals surface area (Å²) in [6.07, 6.45) is 1.56. The van der Waals surface area contributed by atoms with Crippen LogP contribution in [0, 0.1) is 5.92 Å². The Labute approximate surface area is 185 Å². The fraction of sp³-hybridized carbons (Fsp3) is 0.208. The molecule has 162 valence electrons. The smallest absolute Gasteiger partial charge is 0.341 e. The highest BCUT2D eigenvalue weighted by Crippen LogP contribution is 2.27. The molecular weight excluding hydrogens is 408 g/mol. The molecule has 0 spiro atoms. The van der Waals surface area contributed by atoms with Gasteiger partial charge in [0, 0.05) is 12.6 Å². The molecule has 0 saturated carbocycles. The van der Waals surface area contributed by atoms with Crippen molar-refractivity contribution in [2.45, 2.75) is 6.54 Å². The molecule has 0 aromatic heterocycles. The molecule has 1 atom stereocenters. The van der Waals surface area contributed by atoms with Gasteiger partial charge in [-0.2, -0.15) is 4.90 Å². The first kappa shape index (κ1) is 21.2. The Kier molecular flexibility index (Phi) is 5.68. The Morgan fingerprint density at radius 2 is 1.56 bits per heavy atom. The summed E-state index contributed by atoms with van der Waals surface area (Å²) in [4.78, 5) is 53.3. The van der Waals surface area contributed by atoms with Gasteiger partial charge in [0.15, 0.2) is 17.4 Å². The van der Waals surface area contributed by atoms with E-state index in [1.54, 1.807) is 42.0 Å². The van der Waals surface area contributed by atoms with Crippen LogP contribution in [0.15, 0.2) is 72.4 Å². The molecule has 4 amide bonds. The summed E-state index contributed by atoms with van der Waals surface area (Å²) in [6.45, 7) is 0.120. The number of carbonyl (C=O) groups excluding carboxylic acids is 4. The third-order valence-electron chi connectivity index (χ3n) is 5.61. The number of fused-ring (bicyclic) bond motifs is 1. The molecule has 1 saturated heterocycles. The molecule has 1 unspecified atom stereocenters. The maximum absolute atomic E-state index is 13.1. The summed E-state index contributed by atoms with van der Waals surface area (Å²) in [7, 11) is 3.00. The van der Waals surface area contributed by atoms with Crippen molar-refractivity contribution < 1.29 is 23.8 Å². The zero-order valence-corrected chi connectivity index (χ0v) is 17.8. The van der Waals surface area contributed by atoms with Crippen LogP contribution in [0.25, 0.3) is 0 Å². The average Bonchev–Trinajstić information content (AvgIpc) is 3.20. The van der Waals surface area contributed by atoms with E-state index in [4.69, 9.17) is 0 Å². The molecule has 0 bridgehead atoms. The number of imide groups is 1. The van der Waals surface area contributed by atoms with Crippen molar-refractivity contribution in [3.8, 4) is 0 Å². The van der Waals surface area contributed by atoms with Crippen molar-refractivity contribution in [3.63, 3.8) is 0 Å². The van der Waals surface area contributed by atoms with Gasteiger partial charge in [-0.1, -0.05) is 60.7 Å². The largest absolute Gasteiger partial charge is 0.417 e. The molecule has 2 heterocycles. The number of urea groups is 1. The van der Waals surface area contributed by atoms with Crippen molar-refractivity contribution in [2.24, 2.45) is 5.92 Å². The Bertz CT molecular complexity index is 1160. The van der Waals surface area contributed by atoms with Gasteiger partial charge < -0.3 is 5.32 Å². The maximum Gasteiger partial charge on any atom is 0.417 e. The van der Waals surface area contributed by atoms with Gasteiger partial charge in [0.1, 0.15) is 6.54 Å². The number of hydrogen-bond donors (Lipinski definition) is 1. The highest BCUT2D eigenvalue weighted by Gasteiger charge is 2.51. The number of carbonyl (C=O) groups is 4. The molecule has 8 nitrogen and oxygen atoms in total. The summed E-state index contributed by atoms with van der Waals surface area (Å²) in [5, 5.41) is 2.66. The minimum Gasteiger partial charge on any atom is -0.341 e. The van der Waals surface area contributed by atoms with Crippen LogP contribution in [0.4, 0.5) is 4.79 Å². The first-order chi connectivity index (χ1) is 15.4. The van der Waals surface area contributed by atoms with E-state index in [2.05, 4.69) is 5.32 Å². The molecule has 2 aromatic carbocycles. The number of amidine groups is 1. The zero-order chi connectivity index (χ0) is 22.8. The maximum atomic E-state index is 13.1. The third kappa shape index (κ3) is 3.82. The van der Waals surface area contributed by atoms with Gasteiger partial charge in [-0.05, 0) is 11.6 Å². The van der Waals surface area contributed by atoms with E-state index in [9.17, 15) is 19.2 Å². The predicted molar refractivity (Wildman–Crippen MR) is 117 cm³/mol. The quantitative estimate of drug-likeness (QED) is 0.556. The van der Waals surface area contributed by atoms with Gasteiger partial charge in [0.25, 0.3) is 17.6 Å². The van der Waals surface area contributed by atoms with Gasteiger partial charge in [0.05, 0.1) is 13.6 Å². The predicted octanol–water partition coefficient (Wildman–Crippen LogP) is 1.63. The third-order valence-corrected chi connectivity index (χ3v) is 5.61. The molecular formula is C24H23N4O4+. The highest BCUT2D eigenvalue weighted by atomic mass is 16.2. The van der Waals surface area contributed by atoms with Crippen LogP contribution in [-0.2, 0) is 16.1 Å². The minimum atomic E-state index is -0.753. The fourth-order valence-electron chi connectivity index (χ4n) is 3.92. The van der Waals surface area contributed by atoms with Crippen molar-refractivity contribution in [1.29, 1.82) is 0 Å². The SMILES string of the molecule is CN1C(=O)C2C=C(C(=O)NCC(=O)c3ccccc3)[N+](Cc3ccccc3)=C2N(C)C1=O. The molecule has 2 aliphatic heterocycles. The van der Waals surface area contributed by atoms with E-state index in [1.165, 1.54) is 11.9 Å². The van der Waals surface area contributed by atoms with Crippen LogP contribution in [0.3, 0.4) is 0 Å². The number of hydrogen-bond acceptors (Lipinski definition) is 4. The second-order valence-electron chi connectivity index (χ2n) is 7.67. The Balaban J connectivity index is 1.64. The molecule has 2 aromatic rings. The number of ketones is 1. The van der Waals surface area contributed by atoms with E-state index in [0.717, 1.165) is 10.5 Å². The lowest BCUT2D eigenvalue weighted by Crippen LogP contribution is -2.57. The molecule has 32 heavy (non-hydrogen) atoms. The first-order valence-corrected chi connectivity index (χ1v) is 10.2. The second kappa shape index (κ2) is 8.58. The number of nitrogens with one attached hydrogen (secondary N) is 1. The molecule has 8 heteroatoms. The Morgan fingerprint density at radius 3 is 2.22 bits per heavy atom. The van der Waals surface area contributed by atoms with Gasteiger partial charge in [-0.3, -0.25) is 14.4 Å². The molecule has 1 N–H and O–H groups in total. The standard InChI is InChI=1S/C24H22N4O4/c1-26-22-18(23(31)27(2)24(26)32)13-19(28(22)15-16-9-5-3-6-10-16)21(30)25-14-20(29)17-11-7-4-8-12-17/h3-13,18H,14-15H2,1-2H3/p+1. The molecule has 4 rings (SSSR count). The van der Waals surface area contributed by atoms with Crippen molar-refractivity contribution in [2.75, 3.05) is 20.6 Å². The summed E-state index contributed by atoms with van der Waals surface area (Å²) < 4.78 is 1.67. The Hall–Kier alpha value is -4.07. The van der Waals surface area contributed by atoms with Gasteiger partial charge in [-0.25, -0.2) is 14.3 Å². The van der Waals surface area contributed by atoms with Gasteiger partial charge in [-0.15, -0.1) is 0 Å². The topological polar surface area (TPSA) is 89.8 Å². The number of rotatable bonds is 6. The molecule has 1 fully saturated rings. The second-order valence-corrected chi connectivity index (χ2v) is 7.67. The van der Waals surface area contributed by atoms with Crippen molar-refractivity contribution >= 4 is 29.5 Å². The van der Waals surface area contributed by atoms with E-state index >= 15 is 0 Å². The zero-order valence-electron chi connectivity index (χ0n) is 17.8. The molecule has 0 radical (unpaired) electrons. The lowest BCUT2D eigenvalue weighted by atomic mass is 10.0. The van der Waals surface area contributed by atoms with Crippen molar-refractivity contribution in [3.05, 3.63) is 83.6 Å². The van der Waals surface area contributed by atoms with Gasteiger partial charge >= 0.3 is 6.03 Å². The average molecular weight is 431 g/mol. The lowest BCUT2D eigenvalue weighted by Gasteiger charge is -2.27. The van der Waals surface area contributed by atoms with E-state index < -0.39 is 23.8 Å². The lowest BCUT2D eigenvalue weighted by molar-refractivity contribution is -0.490. The molecule has 2 aliphatic rings. The first-order valence-electron chi connectivity index (χ1n) is 10.2. The van der Waals surface area contributed by atoms with Crippen LogP contribution in [0.1, 0.15) is 15.9 Å². The monoisotopic (exact) mass is 431 g/mol. The fourth-order valence-corrected chi connectivity index (χ4v) is 3.92. The van der Waals surface area contributed by atoms with E-state index in [0.29, 0.717) is 17.9 Å². The van der Waals surface area contributed by atoms with Crippen LogP contribution in [0.2, 0.25) is 0 Å². The van der Waals surface area contributed by atoms with Crippen molar-refractivity contribution in [1.82, 2.24) is 15.1 Å². The van der Waals surface area contributed by atoms with Crippen LogP contribution in [-0.4, -0.2) is 64.5 Å². The number of benzene rings is 2. The molecule has 0 aliphatic carbocycles. The normalized spacial score (nSPS) is 17.9. The summed E-state index contributed by atoms with van der Waals surface area (Å²) >= 11 is 0. The number of amides is 4. The van der Waals surface area contributed by atoms with E-state index in [1.807, 2.05) is 36.4 Å². The number of nitrogens with zero attached hydrogens (tertiary/aromatic N) is 3. The summed E-state index contributed by atoms with van der Waals surface area (Å²) in [5.74, 6) is -1.42. The minimum absolute atomic E-state index is 0.179. The highest BCUT2D eigenvalue weighted by molar-refractivity contribution is 6.19. The van der Waals surface area contributed by atoms with Gasteiger partial charge in [0.2, 0.25) is 0 Å². The van der Waals surface area contributed by atoms with Crippen LogP contribution in [0.5, 0.6) is 0 Å². The van der Waals surface area contributed by atoms with Crippen LogP contribution < -0.4 is 5.32 Å². The Morgan fingerprint density at radius 1 is 0.938 bits per heavy atom. The summed E-state index contributed by atoms with van der Waals surface area (Å²) in [6, 6.07) is 17.7.